The monoisotopic (exact) mass is 477 g/mol. The van der Waals surface area contributed by atoms with Crippen LogP contribution in [0.3, 0.4) is 0 Å². The van der Waals surface area contributed by atoms with Gasteiger partial charge in [0, 0.05) is 41.1 Å². The summed E-state index contributed by atoms with van der Waals surface area (Å²) in [4.78, 5) is 0. The Balaban J connectivity index is 1.65. The van der Waals surface area contributed by atoms with Crippen molar-refractivity contribution in [3.63, 3.8) is 0 Å². The zero-order valence-electron chi connectivity index (χ0n) is 16.5. The zero-order valence-corrected chi connectivity index (χ0v) is 18.9. The Kier molecular flexibility index (Phi) is 3.64. The van der Waals surface area contributed by atoms with Crippen molar-refractivity contribution in [3.05, 3.63) is 102 Å². The van der Waals surface area contributed by atoms with E-state index in [-0.39, 0.29) is 0 Å². The molecule has 0 N–H and O–H groups in total. The van der Waals surface area contributed by atoms with Crippen LogP contribution in [0.2, 0.25) is 0 Å². The van der Waals surface area contributed by atoms with Crippen molar-refractivity contribution in [2.75, 3.05) is 0 Å². The van der Waals surface area contributed by atoms with Crippen molar-refractivity contribution < 1.29 is 0 Å². The summed E-state index contributed by atoms with van der Waals surface area (Å²) >= 11 is 5.60. The van der Waals surface area contributed by atoms with Crippen molar-refractivity contribution in [1.82, 2.24) is 4.57 Å². The van der Waals surface area contributed by atoms with Crippen LogP contribution in [0.15, 0.2) is 102 Å². The van der Waals surface area contributed by atoms with E-state index < -0.39 is 0 Å². The Labute approximate surface area is 191 Å². The third-order valence-electron chi connectivity index (χ3n) is 6.23. The maximum atomic E-state index is 3.74. The minimum absolute atomic E-state index is 1.16. The van der Waals surface area contributed by atoms with Gasteiger partial charge < -0.3 is 4.57 Å². The number of fused-ring (bicyclic) bond motifs is 7. The molecule has 0 radical (unpaired) electrons. The predicted molar refractivity (Wildman–Crippen MR) is 139 cm³/mol. The van der Waals surface area contributed by atoms with Gasteiger partial charge in [0.25, 0.3) is 0 Å². The molecule has 0 bridgehead atoms. The second-order valence-corrected chi connectivity index (χ2v) is 9.87. The van der Waals surface area contributed by atoms with Gasteiger partial charge in [0.1, 0.15) is 0 Å². The second-order valence-electron chi connectivity index (χ2n) is 7.97. The summed E-state index contributed by atoms with van der Waals surface area (Å²) in [6, 6.07) is 35.3. The van der Waals surface area contributed by atoms with Gasteiger partial charge in [-0.25, -0.2) is 0 Å². The largest absolute Gasteiger partial charge is 0.309 e. The van der Waals surface area contributed by atoms with Gasteiger partial charge >= 0.3 is 0 Å². The summed E-state index contributed by atoms with van der Waals surface area (Å²) in [6.45, 7) is 0. The number of thiophene rings is 1. The summed E-state index contributed by atoms with van der Waals surface area (Å²) in [5, 5.41) is 7.77. The molecule has 0 spiro atoms. The summed E-state index contributed by atoms with van der Waals surface area (Å²) in [5.41, 5.74) is 3.70. The number of aromatic nitrogens is 1. The number of benzene rings is 5. The Morgan fingerprint density at radius 1 is 0.581 bits per heavy atom. The van der Waals surface area contributed by atoms with Gasteiger partial charge in [0.2, 0.25) is 0 Å². The van der Waals surface area contributed by atoms with E-state index >= 15 is 0 Å². The van der Waals surface area contributed by atoms with Crippen LogP contribution in [-0.4, -0.2) is 4.57 Å². The molecule has 0 fully saturated rings. The van der Waals surface area contributed by atoms with Gasteiger partial charge in [0.15, 0.2) is 0 Å². The number of hydrogen-bond acceptors (Lipinski definition) is 1. The van der Waals surface area contributed by atoms with Crippen LogP contribution in [0.4, 0.5) is 0 Å². The molecular weight excluding hydrogens is 462 g/mol. The molecule has 1 nitrogen and oxygen atoms in total. The first kappa shape index (κ1) is 17.5. The predicted octanol–water partition coefficient (Wildman–Crippen LogP) is 9.07. The van der Waals surface area contributed by atoms with E-state index in [2.05, 4.69) is 118 Å². The summed E-state index contributed by atoms with van der Waals surface area (Å²) in [5.74, 6) is 0. The molecule has 31 heavy (non-hydrogen) atoms. The Morgan fingerprint density at radius 3 is 2.32 bits per heavy atom. The molecule has 146 valence electrons. The number of nitrogens with zero attached hydrogens (tertiary/aromatic N) is 1. The third kappa shape index (κ3) is 2.48. The fraction of sp³-hybridized carbons (Fsp3) is 0. The van der Waals surface area contributed by atoms with E-state index in [1.54, 1.807) is 0 Å². The fourth-order valence-electron chi connectivity index (χ4n) is 4.82. The van der Waals surface area contributed by atoms with E-state index in [4.69, 9.17) is 0 Å². The van der Waals surface area contributed by atoms with Gasteiger partial charge in [-0.15, -0.1) is 11.3 Å². The van der Waals surface area contributed by atoms with E-state index in [0.29, 0.717) is 0 Å². The molecule has 0 aliphatic heterocycles. The Hall–Kier alpha value is -3.14. The lowest BCUT2D eigenvalue weighted by molar-refractivity contribution is 1.19. The third-order valence-corrected chi connectivity index (χ3v) is 8.36. The quantitative estimate of drug-likeness (QED) is 0.222. The van der Waals surface area contributed by atoms with Gasteiger partial charge in [-0.1, -0.05) is 60.7 Å². The van der Waals surface area contributed by atoms with Crippen LogP contribution in [0.25, 0.3) is 58.4 Å². The summed E-state index contributed by atoms with van der Waals surface area (Å²) in [7, 11) is 0. The molecule has 0 saturated carbocycles. The number of hydrogen-bond donors (Lipinski definition) is 0. The Bertz CT molecular complexity index is 1810. The van der Waals surface area contributed by atoms with Crippen LogP contribution in [0, 0.1) is 0 Å². The van der Waals surface area contributed by atoms with Crippen LogP contribution in [0.1, 0.15) is 0 Å². The van der Waals surface area contributed by atoms with Gasteiger partial charge in [0.05, 0.1) is 11.0 Å². The van der Waals surface area contributed by atoms with Gasteiger partial charge in [-0.05, 0) is 63.1 Å². The lowest BCUT2D eigenvalue weighted by Gasteiger charge is -2.09. The topological polar surface area (TPSA) is 4.93 Å². The van der Waals surface area contributed by atoms with Crippen molar-refractivity contribution in [2.24, 2.45) is 0 Å². The number of para-hydroxylation sites is 1. The minimum atomic E-state index is 1.16. The molecule has 0 unspecified atom stereocenters. The highest BCUT2D eigenvalue weighted by Crippen LogP contribution is 2.42. The van der Waals surface area contributed by atoms with Crippen LogP contribution < -0.4 is 0 Å². The molecule has 0 atom stereocenters. The SMILES string of the molecule is Brc1cccc2c1sc1cc3c(cc12)c1ccccc1n3-c1ccc2ccccc2c1. The highest BCUT2D eigenvalue weighted by molar-refractivity contribution is 9.10. The molecule has 2 heterocycles. The van der Waals surface area contributed by atoms with Crippen molar-refractivity contribution in [3.8, 4) is 5.69 Å². The first-order chi connectivity index (χ1) is 15.3. The van der Waals surface area contributed by atoms with E-state index in [0.717, 1.165) is 4.47 Å². The van der Waals surface area contributed by atoms with Crippen LogP contribution in [0.5, 0.6) is 0 Å². The smallest absolute Gasteiger partial charge is 0.0555 e. The fourth-order valence-corrected chi connectivity index (χ4v) is 6.55. The van der Waals surface area contributed by atoms with E-state index in [1.807, 2.05) is 11.3 Å². The molecule has 0 aliphatic carbocycles. The van der Waals surface area contributed by atoms with Gasteiger partial charge in [-0.2, -0.15) is 0 Å². The molecule has 0 saturated heterocycles. The van der Waals surface area contributed by atoms with Gasteiger partial charge in [-0.3, -0.25) is 0 Å². The Morgan fingerprint density at radius 2 is 1.39 bits per heavy atom. The molecule has 3 heteroatoms. The first-order valence-electron chi connectivity index (χ1n) is 10.3. The highest BCUT2D eigenvalue weighted by atomic mass is 79.9. The highest BCUT2D eigenvalue weighted by Gasteiger charge is 2.16. The van der Waals surface area contributed by atoms with Crippen molar-refractivity contribution >= 4 is 80.0 Å². The van der Waals surface area contributed by atoms with Crippen molar-refractivity contribution in [1.29, 1.82) is 0 Å². The number of halogens is 1. The molecule has 5 aromatic carbocycles. The van der Waals surface area contributed by atoms with Crippen LogP contribution in [-0.2, 0) is 0 Å². The second kappa shape index (κ2) is 6.43. The standard InChI is InChI=1S/C28H16BrNS/c29-24-10-5-9-21-23-15-22-20-8-3-4-11-25(20)30(26(22)16-27(23)31-28(21)24)19-13-12-17-6-1-2-7-18(17)14-19/h1-16H. The molecule has 7 rings (SSSR count). The molecule has 0 aliphatic rings. The summed E-state index contributed by atoms with van der Waals surface area (Å²) in [6.07, 6.45) is 0. The molecular formula is C28H16BrNS. The van der Waals surface area contributed by atoms with Crippen molar-refractivity contribution in [2.45, 2.75) is 0 Å². The van der Waals surface area contributed by atoms with Crippen LogP contribution >= 0.6 is 27.3 Å². The minimum Gasteiger partial charge on any atom is -0.309 e. The average Bonchev–Trinajstić information content (AvgIpc) is 3.33. The average molecular weight is 478 g/mol. The molecule has 2 aromatic heterocycles. The maximum absolute atomic E-state index is 3.74. The maximum Gasteiger partial charge on any atom is 0.0555 e. The normalized spacial score (nSPS) is 12.0. The lowest BCUT2D eigenvalue weighted by atomic mass is 10.1. The van der Waals surface area contributed by atoms with E-state index in [9.17, 15) is 0 Å². The lowest BCUT2D eigenvalue weighted by Crippen LogP contribution is -1.93. The zero-order chi connectivity index (χ0) is 20.5. The first-order valence-corrected chi connectivity index (χ1v) is 11.9. The van der Waals surface area contributed by atoms with E-state index in [1.165, 1.54) is 58.4 Å². The number of rotatable bonds is 1. The summed E-state index contributed by atoms with van der Waals surface area (Å²) < 4.78 is 6.21. The molecule has 0 amide bonds. The molecule has 7 aromatic rings.